The lowest BCUT2D eigenvalue weighted by Crippen LogP contribution is -1.71. The summed E-state index contributed by atoms with van der Waals surface area (Å²) in [4.78, 5) is 0. The molecular formula is C12H8Cl2N2O. The number of hydrogen-bond donors (Lipinski definition) is 1. The zero-order chi connectivity index (χ0) is 12.3. The fourth-order valence-electron chi connectivity index (χ4n) is 1.22. The van der Waals surface area contributed by atoms with E-state index in [0.29, 0.717) is 5.69 Å². The molecule has 0 unspecified atom stereocenters. The summed E-state index contributed by atoms with van der Waals surface area (Å²) >= 11 is 11.5. The highest BCUT2D eigenvalue weighted by Gasteiger charge is 2.05. The van der Waals surface area contributed by atoms with Crippen LogP contribution in [0.25, 0.3) is 0 Å². The number of hydrogen-bond acceptors (Lipinski definition) is 3. The summed E-state index contributed by atoms with van der Waals surface area (Å²) in [5.74, 6) is -0.146. The second-order valence-electron chi connectivity index (χ2n) is 3.29. The van der Waals surface area contributed by atoms with Gasteiger partial charge in [0.1, 0.15) is 0 Å². The van der Waals surface area contributed by atoms with Gasteiger partial charge in [-0.2, -0.15) is 10.2 Å². The van der Waals surface area contributed by atoms with Gasteiger partial charge in [-0.3, -0.25) is 0 Å². The van der Waals surface area contributed by atoms with Crippen LogP contribution in [0.5, 0.6) is 5.75 Å². The fourth-order valence-corrected chi connectivity index (χ4v) is 1.70. The van der Waals surface area contributed by atoms with E-state index in [9.17, 15) is 5.11 Å². The molecule has 0 heterocycles. The molecule has 0 atom stereocenters. The summed E-state index contributed by atoms with van der Waals surface area (Å²) in [5, 5.41) is 17.7. The molecule has 1 N–H and O–H groups in total. The largest absolute Gasteiger partial charge is 0.505 e. The van der Waals surface area contributed by atoms with Gasteiger partial charge < -0.3 is 5.11 Å². The zero-order valence-corrected chi connectivity index (χ0v) is 10.2. The van der Waals surface area contributed by atoms with Gasteiger partial charge in [-0.15, -0.1) is 0 Å². The van der Waals surface area contributed by atoms with Gasteiger partial charge in [0.25, 0.3) is 0 Å². The first-order valence-corrected chi connectivity index (χ1v) is 5.57. The Morgan fingerprint density at radius 2 is 1.35 bits per heavy atom. The first kappa shape index (κ1) is 11.9. The first-order chi connectivity index (χ1) is 8.16. The van der Waals surface area contributed by atoms with Crippen LogP contribution >= 0.6 is 23.2 Å². The van der Waals surface area contributed by atoms with Crippen LogP contribution in [0.2, 0.25) is 10.0 Å². The van der Waals surface area contributed by atoms with Crippen LogP contribution in [0.15, 0.2) is 52.7 Å². The minimum absolute atomic E-state index is 0.146. The van der Waals surface area contributed by atoms with Crippen LogP contribution < -0.4 is 0 Å². The second kappa shape index (κ2) is 5.17. The molecule has 0 aliphatic rings. The molecule has 0 aromatic heterocycles. The van der Waals surface area contributed by atoms with Gasteiger partial charge in [0.05, 0.1) is 21.4 Å². The average molecular weight is 267 g/mol. The van der Waals surface area contributed by atoms with Gasteiger partial charge in [-0.05, 0) is 24.3 Å². The Morgan fingerprint density at radius 3 is 1.94 bits per heavy atom. The van der Waals surface area contributed by atoms with Crippen molar-refractivity contribution in [1.29, 1.82) is 0 Å². The third kappa shape index (κ3) is 2.96. The molecule has 2 aromatic rings. The Bertz CT molecular complexity index is 533. The highest BCUT2D eigenvalue weighted by Crippen LogP contribution is 2.36. The van der Waals surface area contributed by atoms with Gasteiger partial charge in [-0.25, -0.2) is 0 Å². The molecule has 0 spiro atoms. The summed E-state index contributed by atoms with van der Waals surface area (Å²) in [6.45, 7) is 0. The molecule has 0 fully saturated rings. The maximum Gasteiger partial charge on any atom is 0.152 e. The molecule has 0 amide bonds. The molecule has 0 saturated heterocycles. The van der Waals surface area contributed by atoms with Crippen molar-refractivity contribution in [3.05, 3.63) is 52.5 Å². The number of phenols is 1. The van der Waals surface area contributed by atoms with Crippen molar-refractivity contribution in [3.8, 4) is 5.75 Å². The maximum absolute atomic E-state index is 9.38. The van der Waals surface area contributed by atoms with E-state index in [-0.39, 0.29) is 15.8 Å². The topological polar surface area (TPSA) is 45.0 Å². The molecule has 0 radical (unpaired) electrons. The number of phenolic OH excluding ortho intramolecular Hbond substituents is 1. The van der Waals surface area contributed by atoms with Crippen molar-refractivity contribution in [2.75, 3.05) is 0 Å². The van der Waals surface area contributed by atoms with E-state index in [2.05, 4.69) is 10.2 Å². The minimum Gasteiger partial charge on any atom is -0.505 e. The number of nitrogens with zero attached hydrogens (tertiary/aromatic N) is 2. The molecule has 2 rings (SSSR count). The average Bonchev–Trinajstić information content (AvgIpc) is 2.34. The molecule has 5 heteroatoms. The lowest BCUT2D eigenvalue weighted by Gasteiger charge is -2.00. The van der Waals surface area contributed by atoms with Crippen LogP contribution in [-0.2, 0) is 0 Å². The Hall–Kier alpha value is -1.58. The van der Waals surface area contributed by atoms with Crippen molar-refractivity contribution >= 4 is 34.6 Å². The van der Waals surface area contributed by atoms with Gasteiger partial charge in [0.2, 0.25) is 0 Å². The number of benzene rings is 2. The Labute approximate surface area is 108 Å². The summed E-state index contributed by atoms with van der Waals surface area (Å²) in [6.07, 6.45) is 0. The van der Waals surface area contributed by atoms with Crippen molar-refractivity contribution in [1.82, 2.24) is 0 Å². The molecule has 2 aromatic carbocycles. The van der Waals surface area contributed by atoms with Crippen molar-refractivity contribution in [3.63, 3.8) is 0 Å². The van der Waals surface area contributed by atoms with Crippen LogP contribution in [0.4, 0.5) is 11.4 Å². The summed E-state index contributed by atoms with van der Waals surface area (Å²) < 4.78 is 0. The molecule has 86 valence electrons. The van der Waals surface area contributed by atoms with E-state index < -0.39 is 0 Å². The van der Waals surface area contributed by atoms with Crippen LogP contribution in [0, 0.1) is 0 Å². The van der Waals surface area contributed by atoms with Crippen molar-refractivity contribution in [2.45, 2.75) is 0 Å². The molecular weight excluding hydrogens is 259 g/mol. The van der Waals surface area contributed by atoms with Gasteiger partial charge in [-0.1, -0.05) is 41.4 Å². The van der Waals surface area contributed by atoms with E-state index in [1.807, 2.05) is 30.3 Å². The number of azo groups is 1. The summed E-state index contributed by atoms with van der Waals surface area (Å²) in [6, 6.07) is 12.3. The minimum atomic E-state index is -0.146. The maximum atomic E-state index is 9.38. The van der Waals surface area contributed by atoms with Crippen molar-refractivity contribution in [2.24, 2.45) is 10.2 Å². The Kier molecular flexibility index (Phi) is 3.61. The summed E-state index contributed by atoms with van der Waals surface area (Å²) in [5.41, 5.74) is 1.22. The highest BCUT2D eigenvalue weighted by atomic mass is 35.5. The summed E-state index contributed by atoms with van der Waals surface area (Å²) in [7, 11) is 0. The number of aromatic hydroxyl groups is 1. The first-order valence-electron chi connectivity index (χ1n) is 4.81. The third-order valence-electron chi connectivity index (χ3n) is 2.04. The van der Waals surface area contributed by atoms with E-state index in [1.165, 1.54) is 12.1 Å². The monoisotopic (exact) mass is 266 g/mol. The highest BCUT2D eigenvalue weighted by molar-refractivity contribution is 6.37. The lowest BCUT2D eigenvalue weighted by atomic mass is 10.3. The lowest BCUT2D eigenvalue weighted by molar-refractivity contribution is 0.476. The predicted octanol–water partition coefficient (Wildman–Crippen LogP) is 5.11. The van der Waals surface area contributed by atoms with E-state index in [1.54, 1.807) is 0 Å². The normalized spacial score (nSPS) is 10.9. The number of rotatable bonds is 2. The van der Waals surface area contributed by atoms with Gasteiger partial charge in [0.15, 0.2) is 5.75 Å². The van der Waals surface area contributed by atoms with Gasteiger partial charge in [0, 0.05) is 0 Å². The van der Waals surface area contributed by atoms with Crippen LogP contribution in [-0.4, -0.2) is 5.11 Å². The second-order valence-corrected chi connectivity index (χ2v) is 4.11. The molecule has 17 heavy (non-hydrogen) atoms. The molecule has 0 aliphatic carbocycles. The zero-order valence-electron chi connectivity index (χ0n) is 8.64. The standard InChI is InChI=1S/C12H8Cl2N2O/c13-10-6-9(7-11(14)12(10)17)16-15-8-4-2-1-3-5-8/h1-7,17H. The van der Waals surface area contributed by atoms with Crippen LogP contribution in [0.1, 0.15) is 0 Å². The SMILES string of the molecule is Oc1c(Cl)cc(N=Nc2ccccc2)cc1Cl. The molecule has 3 nitrogen and oxygen atoms in total. The third-order valence-corrected chi connectivity index (χ3v) is 2.62. The van der Waals surface area contributed by atoms with Crippen LogP contribution in [0.3, 0.4) is 0 Å². The smallest absolute Gasteiger partial charge is 0.152 e. The predicted molar refractivity (Wildman–Crippen MR) is 68.7 cm³/mol. The van der Waals surface area contributed by atoms with E-state index >= 15 is 0 Å². The quantitative estimate of drug-likeness (QED) is 0.754. The fraction of sp³-hybridized carbons (Fsp3) is 0. The Balaban J connectivity index is 2.28. The molecule has 0 aliphatic heterocycles. The van der Waals surface area contributed by atoms with E-state index in [0.717, 1.165) is 5.69 Å². The molecule has 0 bridgehead atoms. The van der Waals surface area contributed by atoms with Gasteiger partial charge >= 0.3 is 0 Å². The van der Waals surface area contributed by atoms with Crippen molar-refractivity contribution < 1.29 is 5.11 Å². The molecule has 0 saturated carbocycles. The Morgan fingerprint density at radius 1 is 0.824 bits per heavy atom. The van der Waals surface area contributed by atoms with E-state index in [4.69, 9.17) is 23.2 Å². The number of halogens is 2.